The van der Waals surface area contributed by atoms with Gasteiger partial charge in [-0.2, -0.15) is 0 Å². The van der Waals surface area contributed by atoms with Crippen molar-refractivity contribution in [3.63, 3.8) is 0 Å². The van der Waals surface area contributed by atoms with Crippen molar-refractivity contribution in [2.24, 2.45) is 0 Å². The average Bonchev–Trinajstić information content (AvgIpc) is 3.31. The number of hydrogen-bond donors (Lipinski definition) is 0. The van der Waals surface area contributed by atoms with Crippen LogP contribution in [0, 0.1) is 0 Å². The van der Waals surface area contributed by atoms with Gasteiger partial charge in [0.1, 0.15) is 0 Å². The predicted molar refractivity (Wildman–Crippen MR) is 165 cm³/mol. The number of halogens is 1. The highest BCUT2D eigenvalue weighted by Gasteiger charge is 2.15. The van der Waals surface area contributed by atoms with E-state index in [4.69, 9.17) is 0 Å². The lowest BCUT2D eigenvalue weighted by molar-refractivity contribution is 1.18. The lowest BCUT2D eigenvalue weighted by atomic mass is 9.98. The summed E-state index contributed by atoms with van der Waals surface area (Å²) in [5.41, 5.74) is 10.9. The number of hydrogen-bond acceptors (Lipinski definition) is 0. The number of rotatable bonds is 4. The number of aromatic nitrogens is 1. The lowest BCUT2D eigenvalue weighted by Crippen LogP contribution is -1.93. The van der Waals surface area contributed by atoms with Crippen molar-refractivity contribution in [2.45, 2.75) is 0 Å². The van der Waals surface area contributed by atoms with E-state index in [2.05, 4.69) is 166 Å². The van der Waals surface area contributed by atoms with E-state index in [1.165, 1.54) is 60.9 Å². The molecule has 1 heterocycles. The number of nitrogens with zero attached hydrogens (tertiary/aromatic N) is 1. The minimum Gasteiger partial charge on any atom is -0.309 e. The summed E-state index contributed by atoms with van der Waals surface area (Å²) in [6, 6.07) is 52.2. The molecule has 0 saturated carbocycles. The summed E-state index contributed by atoms with van der Waals surface area (Å²) < 4.78 is 3.49. The van der Waals surface area contributed by atoms with Gasteiger partial charge in [0.25, 0.3) is 0 Å². The smallest absolute Gasteiger partial charge is 0.0547 e. The molecule has 180 valence electrons. The molecule has 0 aliphatic carbocycles. The number of para-hydroxylation sites is 1. The van der Waals surface area contributed by atoms with Crippen LogP contribution in [0.4, 0.5) is 0 Å². The van der Waals surface area contributed by atoms with Crippen LogP contribution in [0.3, 0.4) is 0 Å². The molecule has 0 aliphatic rings. The third-order valence-electron chi connectivity index (χ3n) is 7.27. The van der Waals surface area contributed by atoms with E-state index >= 15 is 0 Å². The van der Waals surface area contributed by atoms with Crippen molar-refractivity contribution in [3.05, 3.63) is 150 Å². The van der Waals surface area contributed by atoms with Gasteiger partial charge in [0.15, 0.2) is 0 Å². The fraction of sp³-hybridized carbons (Fsp3) is 0. The first kappa shape index (κ1) is 22.8. The van der Waals surface area contributed by atoms with Gasteiger partial charge in [-0.1, -0.05) is 119 Å². The summed E-state index contributed by atoms with van der Waals surface area (Å²) >= 11 is 3.72. The molecule has 2 heteroatoms. The fourth-order valence-electron chi connectivity index (χ4n) is 5.43. The Morgan fingerprint density at radius 2 is 1.03 bits per heavy atom. The van der Waals surface area contributed by atoms with Crippen molar-refractivity contribution >= 4 is 37.7 Å². The topological polar surface area (TPSA) is 4.93 Å². The SMILES string of the molecule is Brc1ccccc1-c1cccc(-c2ccc3c4cc(-c5ccccc5)ccc4n(-c4ccccc4)c3c2)c1. The van der Waals surface area contributed by atoms with Crippen LogP contribution in [0.5, 0.6) is 0 Å². The van der Waals surface area contributed by atoms with Crippen LogP contribution in [-0.2, 0) is 0 Å². The maximum atomic E-state index is 3.72. The lowest BCUT2D eigenvalue weighted by Gasteiger charge is -2.10. The van der Waals surface area contributed by atoms with Gasteiger partial charge in [0, 0.05) is 20.9 Å². The van der Waals surface area contributed by atoms with Crippen LogP contribution in [0.25, 0.3) is 60.9 Å². The first-order valence-electron chi connectivity index (χ1n) is 12.8. The second-order valence-corrected chi connectivity index (χ2v) is 10.4. The molecular weight excluding hydrogens is 526 g/mol. The molecule has 7 rings (SSSR count). The van der Waals surface area contributed by atoms with E-state index in [0.717, 1.165) is 4.47 Å². The van der Waals surface area contributed by atoms with Crippen LogP contribution in [0.1, 0.15) is 0 Å². The van der Waals surface area contributed by atoms with Gasteiger partial charge in [-0.15, -0.1) is 0 Å². The van der Waals surface area contributed by atoms with Crippen LogP contribution in [-0.4, -0.2) is 4.57 Å². The Hall–Kier alpha value is -4.40. The van der Waals surface area contributed by atoms with Crippen LogP contribution in [0.15, 0.2) is 150 Å². The first-order valence-corrected chi connectivity index (χ1v) is 13.6. The van der Waals surface area contributed by atoms with Gasteiger partial charge in [-0.05, 0) is 75.8 Å². The second-order valence-electron chi connectivity index (χ2n) is 9.56. The van der Waals surface area contributed by atoms with Crippen molar-refractivity contribution in [3.8, 4) is 39.1 Å². The Labute approximate surface area is 230 Å². The average molecular weight is 550 g/mol. The standard InChI is InChI=1S/C36H24BrN/c37-34-17-8-7-16-31(34)29-13-9-12-26(22-29)28-18-20-32-33-23-27(25-10-3-1-4-11-25)19-21-35(33)38(36(32)24-28)30-14-5-2-6-15-30/h1-24H. The second kappa shape index (κ2) is 9.48. The summed E-state index contributed by atoms with van der Waals surface area (Å²) in [7, 11) is 0. The van der Waals surface area contributed by atoms with Crippen molar-refractivity contribution < 1.29 is 0 Å². The Morgan fingerprint density at radius 1 is 0.395 bits per heavy atom. The summed E-state index contributed by atoms with van der Waals surface area (Å²) in [6.45, 7) is 0. The molecule has 0 aliphatic heterocycles. The highest BCUT2D eigenvalue weighted by Crippen LogP contribution is 2.38. The van der Waals surface area contributed by atoms with Crippen molar-refractivity contribution in [1.29, 1.82) is 0 Å². The minimum absolute atomic E-state index is 1.10. The molecule has 1 nitrogen and oxygen atoms in total. The Morgan fingerprint density at radius 3 is 1.84 bits per heavy atom. The maximum Gasteiger partial charge on any atom is 0.0547 e. The molecule has 0 spiro atoms. The highest BCUT2D eigenvalue weighted by molar-refractivity contribution is 9.10. The zero-order valence-electron chi connectivity index (χ0n) is 20.7. The molecule has 6 aromatic carbocycles. The van der Waals surface area contributed by atoms with E-state index in [0.29, 0.717) is 0 Å². The van der Waals surface area contributed by atoms with E-state index < -0.39 is 0 Å². The maximum absolute atomic E-state index is 3.72. The summed E-state index contributed by atoms with van der Waals surface area (Å²) in [4.78, 5) is 0. The third kappa shape index (κ3) is 3.95. The van der Waals surface area contributed by atoms with E-state index in [1.54, 1.807) is 0 Å². The molecule has 0 atom stereocenters. The summed E-state index contributed by atoms with van der Waals surface area (Å²) in [6.07, 6.45) is 0. The molecule has 1 aromatic heterocycles. The van der Waals surface area contributed by atoms with E-state index in [-0.39, 0.29) is 0 Å². The first-order chi connectivity index (χ1) is 18.8. The van der Waals surface area contributed by atoms with Gasteiger partial charge in [0.05, 0.1) is 11.0 Å². The molecule has 7 aromatic rings. The quantitative estimate of drug-likeness (QED) is 0.205. The molecular formula is C36H24BrN. The zero-order chi connectivity index (χ0) is 25.5. The monoisotopic (exact) mass is 549 g/mol. The normalized spacial score (nSPS) is 11.3. The fourth-order valence-corrected chi connectivity index (χ4v) is 5.94. The van der Waals surface area contributed by atoms with Crippen molar-refractivity contribution in [1.82, 2.24) is 4.57 Å². The minimum atomic E-state index is 1.10. The largest absolute Gasteiger partial charge is 0.309 e. The Kier molecular flexibility index (Phi) is 5.68. The van der Waals surface area contributed by atoms with Gasteiger partial charge < -0.3 is 4.57 Å². The summed E-state index contributed by atoms with van der Waals surface area (Å²) in [5.74, 6) is 0. The highest BCUT2D eigenvalue weighted by atomic mass is 79.9. The van der Waals surface area contributed by atoms with Crippen LogP contribution in [0.2, 0.25) is 0 Å². The van der Waals surface area contributed by atoms with Gasteiger partial charge in [-0.3, -0.25) is 0 Å². The molecule has 0 unspecified atom stereocenters. The molecule has 0 radical (unpaired) electrons. The molecule has 0 amide bonds. The van der Waals surface area contributed by atoms with Crippen molar-refractivity contribution in [2.75, 3.05) is 0 Å². The molecule has 0 fully saturated rings. The van der Waals surface area contributed by atoms with Gasteiger partial charge >= 0.3 is 0 Å². The Balaban J connectivity index is 1.45. The predicted octanol–water partition coefficient (Wildman–Crippen LogP) is 10.5. The van der Waals surface area contributed by atoms with E-state index in [1.807, 2.05) is 0 Å². The third-order valence-corrected chi connectivity index (χ3v) is 7.96. The number of benzene rings is 6. The van der Waals surface area contributed by atoms with Gasteiger partial charge in [-0.25, -0.2) is 0 Å². The molecule has 0 bridgehead atoms. The molecule has 0 saturated heterocycles. The van der Waals surface area contributed by atoms with Gasteiger partial charge in [0.2, 0.25) is 0 Å². The summed E-state index contributed by atoms with van der Waals surface area (Å²) in [5, 5.41) is 2.52. The zero-order valence-corrected chi connectivity index (χ0v) is 22.3. The van der Waals surface area contributed by atoms with E-state index in [9.17, 15) is 0 Å². The Bertz CT molecular complexity index is 1920. The molecule has 0 N–H and O–H groups in total. The number of fused-ring (bicyclic) bond motifs is 3. The molecule has 38 heavy (non-hydrogen) atoms. The van der Waals surface area contributed by atoms with Crippen LogP contribution < -0.4 is 0 Å². The van der Waals surface area contributed by atoms with Crippen LogP contribution >= 0.6 is 15.9 Å².